The molecule has 6 nitrogen and oxygen atoms in total. The van der Waals surface area contributed by atoms with Crippen molar-refractivity contribution in [2.24, 2.45) is 5.92 Å². The molecule has 3 rings (SSSR count). The van der Waals surface area contributed by atoms with Gasteiger partial charge in [0.2, 0.25) is 5.91 Å². The lowest BCUT2D eigenvalue weighted by molar-refractivity contribution is -0.126. The van der Waals surface area contributed by atoms with Crippen molar-refractivity contribution in [2.45, 2.75) is 44.6 Å². The highest BCUT2D eigenvalue weighted by Crippen LogP contribution is 2.22. The summed E-state index contributed by atoms with van der Waals surface area (Å²) in [5.74, 6) is 0.754. The Hall–Kier alpha value is -2.24. The van der Waals surface area contributed by atoms with Crippen molar-refractivity contribution in [3.8, 4) is 5.75 Å². The lowest BCUT2D eigenvalue weighted by atomic mass is 9.97. The summed E-state index contributed by atoms with van der Waals surface area (Å²) in [6.07, 6.45) is 6.28. The summed E-state index contributed by atoms with van der Waals surface area (Å²) in [6.45, 7) is 1.18. The van der Waals surface area contributed by atoms with E-state index >= 15 is 0 Å². The summed E-state index contributed by atoms with van der Waals surface area (Å²) >= 11 is 0. The van der Waals surface area contributed by atoms with Crippen LogP contribution in [0.1, 0.15) is 38.5 Å². The molecule has 0 radical (unpaired) electrons. The minimum atomic E-state index is -0.150. The summed E-state index contributed by atoms with van der Waals surface area (Å²) < 4.78 is 5.12. The van der Waals surface area contributed by atoms with E-state index in [1.165, 1.54) is 12.8 Å². The van der Waals surface area contributed by atoms with Gasteiger partial charge in [-0.3, -0.25) is 4.79 Å². The Balaban J connectivity index is 1.52. The Labute approximate surface area is 148 Å². The molecule has 6 heteroatoms. The number of ether oxygens (including phenoxy) is 1. The van der Waals surface area contributed by atoms with Gasteiger partial charge in [-0.2, -0.15) is 0 Å². The van der Waals surface area contributed by atoms with Gasteiger partial charge in [-0.05, 0) is 49.9 Å². The third kappa shape index (κ3) is 4.65. The molecule has 25 heavy (non-hydrogen) atoms. The number of urea groups is 1. The topological polar surface area (TPSA) is 70.7 Å². The highest BCUT2D eigenvalue weighted by molar-refractivity contribution is 5.90. The van der Waals surface area contributed by atoms with E-state index in [-0.39, 0.29) is 17.9 Å². The zero-order chi connectivity index (χ0) is 17.6. The molecule has 1 aromatic carbocycles. The summed E-state index contributed by atoms with van der Waals surface area (Å²) in [5.41, 5.74) is 0.725. The fraction of sp³-hybridized carbons (Fsp3) is 0.579. The molecule has 0 aromatic heterocycles. The number of piperidine rings is 1. The Bertz CT molecular complexity index is 596. The Morgan fingerprint density at radius 1 is 1.08 bits per heavy atom. The maximum atomic E-state index is 12.5. The first-order valence-electron chi connectivity index (χ1n) is 9.16. The molecule has 0 unspecified atom stereocenters. The highest BCUT2D eigenvalue weighted by atomic mass is 16.5. The molecule has 0 spiro atoms. The lowest BCUT2D eigenvalue weighted by Gasteiger charge is -2.32. The molecule has 1 aliphatic carbocycles. The normalized spacial score (nSPS) is 21.0. The van der Waals surface area contributed by atoms with Crippen LogP contribution in [0.3, 0.4) is 0 Å². The van der Waals surface area contributed by atoms with Gasteiger partial charge in [0.15, 0.2) is 0 Å². The number of carbonyl (C=O) groups is 2. The quantitative estimate of drug-likeness (QED) is 0.881. The zero-order valence-electron chi connectivity index (χ0n) is 14.8. The molecule has 2 fully saturated rings. The summed E-state index contributed by atoms with van der Waals surface area (Å²) in [6, 6.07) is 7.42. The largest absolute Gasteiger partial charge is 0.497 e. The Kier molecular flexibility index (Phi) is 5.79. The number of rotatable bonds is 4. The number of methoxy groups -OCH3 is 1. The van der Waals surface area contributed by atoms with Crippen LogP contribution < -0.4 is 15.4 Å². The first kappa shape index (κ1) is 17.6. The third-order valence-corrected chi connectivity index (χ3v) is 5.12. The molecule has 1 saturated heterocycles. The SMILES string of the molecule is COc1ccc(NC(=O)N2CCC[C@@H](C(=O)NC3CCCC3)C2)cc1. The van der Waals surface area contributed by atoms with E-state index in [4.69, 9.17) is 4.74 Å². The molecule has 1 saturated carbocycles. The smallest absolute Gasteiger partial charge is 0.321 e. The fourth-order valence-corrected chi connectivity index (χ4v) is 3.64. The van der Waals surface area contributed by atoms with Gasteiger partial charge in [-0.15, -0.1) is 0 Å². The summed E-state index contributed by atoms with van der Waals surface area (Å²) in [4.78, 5) is 26.7. The Morgan fingerprint density at radius 2 is 1.80 bits per heavy atom. The minimum absolute atomic E-state index is 0.101. The van der Waals surface area contributed by atoms with Gasteiger partial charge >= 0.3 is 6.03 Å². The molecule has 2 N–H and O–H groups in total. The van der Waals surface area contributed by atoms with Gasteiger partial charge in [-0.25, -0.2) is 4.79 Å². The van der Waals surface area contributed by atoms with Crippen LogP contribution in [-0.2, 0) is 4.79 Å². The molecule has 0 bridgehead atoms. The van der Waals surface area contributed by atoms with Gasteiger partial charge in [0, 0.05) is 24.8 Å². The van der Waals surface area contributed by atoms with E-state index < -0.39 is 0 Å². The van der Waals surface area contributed by atoms with Crippen molar-refractivity contribution in [1.29, 1.82) is 0 Å². The van der Waals surface area contributed by atoms with Gasteiger partial charge in [0.1, 0.15) is 5.75 Å². The molecular weight excluding hydrogens is 318 g/mol. The number of nitrogens with zero attached hydrogens (tertiary/aromatic N) is 1. The van der Waals surface area contributed by atoms with Crippen LogP contribution in [-0.4, -0.2) is 43.1 Å². The van der Waals surface area contributed by atoms with Gasteiger partial charge < -0.3 is 20.3 Å². The molecule has 1 aliphatic heterocycles. The number of benzene rings is 1. The molecule has 1 aromatic rings. The van der Waals surface area contributed by atoms with Crippen molar-refractivity contribution in [1.82, 2.24) is 10.2 Å². The van der Waals surface area contributed by atoms with Gasteiger partial charge in [0.25, 0.3) is 0 Å². The van der Waals surface area contributed by atoms with E-state index in [2.05, 4.69) is 10.6 Å². The number of hydrogen-bond acceptors (Lipinski definition) is 3. The second-order valence-electron chi connectivity index (χ2n) is 6.93. The summed E-state index contributed by atoms with van der Waals surface area (Å²) in [7, 11) is 1.61. The van der Waals surface area contributed by atoms with Crippen molar-refractivity contribution >= 4 is 17.6 Å². The fourth-order valence-electron chi connectivity index (χ4n) is 3.64. The average molecular weight is 345 g/mol. The number of nitrogens with one attached hydrogen (secondary N) is 2. The average Bonchev–Trinajstić information content (AvgIpc) is 3.15. The van der Waals surface area contributed by atoms with E-state index in [9.17, 15) is 9.59 Å². The highest BCUT2D eigenvalue weighted by Gasteiger charge is 2.30. The molecule has 1 heterocycles. The van der Waals surface area contributed by atoms with E-state index in [1.807, 2.05) is 24.3 Å². The number of anilines is 1. The third-order valence-electron chi connectivity index (χ3n) is 5.12. The first-order valence-corrected chi connectivity index (χ1v) is 9.16. The number of hydrogen-bond donors (Lipinski definition) is 2. The second kappa shape index (κ2) is 8.23. The molecule has 2 aliphatic rings. The van der Waals surface area contributed by atoms with E-state index in [1.54, 1.807) is 12.0 Å². The maximum Gasteiger partial charge on any atom is 0.321 e. The first-order chi connectivity index (χ1) is 12.2. The molecule has 136 valence electrons. The molecular formula is C19H27N3O3. The van der Waals surface area contributed by atoms with E-state index in [0.717, 1.165) is 37.1 Å². The lowest BCUT2D eigenvalue weighted by Crippen LogP contribution is -2.48. The van der Waals surface area contributed by atoms with Crippen LogP contribution in [0.4, 0.5) is 10.5 Å². The second-order valence-corrected chi connectivity index (χ2v) is 6.93. The predicted molar refractivity (Wildman–Crippen MR) is 96.7 cm³/mol. The predicted octanol–water partition coefficient (Wildman–Crippen LogP) is 3.00. The van der Waals surface area contributed by atoms with Crippen molar-refractivity contribution in [2.75, 3.05) is 25.5 Å². The van der Waals surface area contributed by atoms with Crippen LogP contribution >= 0.6 is 0 Å². The number of carbonyl (C=O) groups excluding carboxylic acids is 2. The maximum absolute atomic E-state index is 12.5. The summed E-state index contributed by atoms with van der Waals surface area (Å²) in [5, 5.41) is 6.05. The monoisotopic (exact) mass is 345 g/mol. The van der Waals surface area contributed by atoms with E-state index in [0.29, 0.717) is 19.1 Å². The standard InChI is InChI=1S/C19H27N3O3/c1-25-17-10-8-16(9-11-17)21-19(24)22-12-4-5-14(13-22)18(23)20-15-6-2-3-7-15/h8-11,14-15H,2-7,12-13H2,1H3,(H,20,23)(H,21,24)/t14-/m1/s1. The van der Waals surface area contributed by atoms with Crippen LogP contribution in [0.15, 0.2) is 24.3 Å². The number of amides is 3. The van der Waals surface area contributed by atoms with Crippen LogP contribution in [0.2, 0.25) is 0 Å². The van der Waals surface area contributed by atoms with Crippen LogP contribution in [0, 0.1) is 5.92 Å². The van der Waals surface area contributed by atoms with Crippen molar-refractivity contribution in [3.05, 3.63) is 24.3 Å². The van der Waals surface area contributed by atoms with Gasteiger partial charge in [-0.1, -0.05) is 12.8 Å². The van der Waals surface area contributed by atoms with Gasteiger partial charge in [0.05, 0.1) is 13.0 Å². The number of likely N-dealkylation sites (tertiary alicyclic amines) is 1. The van der Waals surface area contributed by atoms with Crippen molar-refractivity contribution < 1.29 is 14.3 Å². The van der Waals surface area contributed by atoms with Crippen LogP contribution in [0.25, 0.3) is 0 Å². The minimum Gasteiger partial charge on any atom is -0.497 e. The zero-order valence-corrected chi connectivity index (χ0v) is 14.8. The van der Waals surface area contributed by atoms with Crippen molar-refractivity contribution in [3.63, 3.8) is 0 Å². The Morgan fingerprint density at radius 3 is 2.48 bits per heavy atom. The molecule has 3 amide bonds. The van der Waals surface area contributed by atoms with Crippen LogP contribution in [0.5, 0.6) is 5.75 Å². The molecule has 1 atom stereocenters.